The number of hydrogen-bond donors (Lipinski definition) is 2. The first-order valence-corrected chi connectivity index (χ1v) is 8.09. The van der Waals surface area contributed by atoms with Crippen LogP contribution in [0, 0.1) is 6.92 Å². The van der Waals surface area contributed by atoms with Crippen molar-refractivity contribution in [3.8, 4) is 11.1 Å². The summed E-state index contributed by atoms with van der Waals surface area (Å²) < 4.78 is 6.93. The Labute approximate surface area is 146 Å². The molecule has 0 aliphatic carbocycles. The molecule has 1 aromatic carbocycles. The number of nitrogen functional groups attached to an aromatic ring is 1. The molecule has 3 N–H and O–H groups in total. The van der Waals surface area contributed by atoms with E-state index >= 15 is 0 Å². The van der Waals surface area contributed by atoms with Crippen molar-refractivity contribution in [2.45, 2.75) is 39.8 Å². The summed E-state index contributed by atoms with van der Waals surface area (Å²) in [6, 6.07) is 3.69. The average molecular weight is 351 g/mol. The molecule has 7 heteroatoms. The zero-order valence-corrected chi connectivity index (χ0v) is 15.1. The smallest absolute Gasteiger partial charge is 0.407 e. The third kappa shape index (κ3) is 4.89. The van der Waals surface area contributed by atoms with Crippen molar-refractivity contribution in [3.63, 3.8) is 0 Å². The highest BCUT2D eigenvalue weighted by Crippen LogP contribution is 2.31. The highest BCUT2D eigenvalue weighted by Gasteiger charge is 2.15. The fourth-order valence-electron chi connectivity index (χ4n) is 2.13. The molecule has 130 valence electrons. The molecule has 0 bridgehead atoms. The van der Waals surface area contributed by atoms with Gasteiger partial charge in [0, 0.05) is 29.6 Å². The minimum Gasteiger partial charge on any atom is -0.444 e. The molecule has 0 spiro atoms. The van der Waals surface area contributed by atoms with E-state index in [-0.39, 0.29) is 0 Å². The van der Waals surface area contributed by atoms with Gasteiger partial charge in [0.05, 0.1) is 17.8 Å². The number of nitrogens with two attached hydrogens (primary N) is 1. The molecule has 0 unspecified atom stereocenters. The van der Waals surface area contributed by atoms with Gasteiger partial charge in [0.25, 0.3) is 0 Å². The normalized spacial score (nSPS) is 11.4. The zero-order valence-electron chi connectivity index (χ0n) is 14.4. The van der Waals surface area contributed by atoms with Crippen LogP contribution in [-0.2, 0) is 11.3 Å². The van der Waals surface area contributed by atoms with Crippen LogP contribution in [0.2, 0.25) is 5.02 Å². The number of ether oxygens (including phenoxy) is 1. The quantitative estimate of drug-likeness (QED) is 0.825. The predicted octanol–water partition coefficient (Wildman–Crippen LogP) is 3.62. The van der Waals surface area contributed by atoms with Gasteiger partial charge in [-0.3, -0.25) is 4.68 Å². The van der Waals surface area contributed by atoms with E-state index in [9.17, 15) is 4.79 Å². The zero-order chi connectivity index (χ0) is 17.9. The summed E-state index contributed by atoms with van der Waals surface area (Å²) in [5, 5.41) is 7.58. The molecule has 24 heavy (non-hydrogen) atoms. The average Bonchev–Trinajstić information content (AvgIpc) is 2.89. The van der Waals surface area contributed by atoms with Crippen molar-refractivity contribution in [1.29, 1.82) is 0 Å². The van der Waals surface area contributed by atoms with Crippen LogP contribution in [0.5, 0.6) is 0 Å². The second-order valence-electron chi connectivity index (χ2n) is 6.61. The van der Waals surface area contributed by atoms with E-state index < -0.39 is 11.7 Å². The van der Waals surface area contributed by atoms with Crippen LogP contribution in [0.4, 0.5) is 10.5 Å². The Bertz CT molecular complexity index is 735. The van der Waals surface area contributed by atoms with Crippen molar-refractivity contribution in [3.05, 3.63) is 35.1 Å². The highest BCUT2D eigenvalue weighted by atomic mass is 35.5. The number of aromatic nitrogens is 2. The van der Waals surface area contributed by atoms with Crippen molar-refractivity contribution < 1.29 is 9.53 Å². The van der Waals surface area contributed by atoms with Crippen molar-refractivity contribution in [2.75, 3.05) is 12.3 Å². The van der Waals surface area contributed by atoms with Crippen molar-refractivity contribution in [2.24, 2.45) is 0 Å². The molecule has 2 rings (SSSR count). The summed E-state index contributed by atoms with van der Waals surface area (Å²) >= 11 is 6.26. The molecule has 0 fully saturated rings. The molecule has 1 amide bonds. The summed E-state index contributed by atoms with van der Waals surface area (Å²) in [5.41, 5.74) is 8.76. The summed E-state index contributed by atoms with van der Waals surface area (Å²) in [5.74, 6) is 0. The number of nitrogens with one attached hydrogen (secondary N) is 1. The number of benzene rings is 1. The van der Waals surface area contributed by atoms with Crippen LogP contribution in [0.3, 0.4) is 0 Å². The molecule has 0 atom stereocenters. The third-order valence-corrected chi connectivity index (χ3v) is 3.62. The molecule has 0 aliphatic rings. The molecule has 1 aromatic heterocycles. The number of carbonyl (C=O) groups excluding carboxylic acids is 1. The monoisotopic (exact) mass is 350 g/mol. The first-order chi connectivity index (χ1) is 11.2. The SMILES string of the molecule is Cc1cc(-c2cnn(CCNC(=O)OC(C)(C)C)c2)c(Cl)cc1N. The molecule has 0 aliphatic heterocycles. The van der Waals surface area contributed by atoms with E-state index in [2.05, 4.69) is 10.4 Å². The van der Waals surface area contributed by atoms with Crippen LogP contribution in [0.1, 0.15) is 26.3 Å². The number of alkyl carbamates (subject to hydrolysis) is 1. The number of halogens is 1. The van der Waals surface area contributed by atoms with Gasteiger partial charge in [-0.15, -0.1) is 0 Å². The fraction of sp³-hybridized carbons (Fsp3) is 0.412. The maximum absolute atomic E-state index is 11.6. The van der Waals surface area contributed by atoms with Crippen LogP contribution >= 0.6 is 11.6 Å². The molecule has 0 radical (unpaired) electrons. The van der Waals surface area contributed by atoms with Gasteiger partial charge in [0.2, 0.25) is 0 Å². The first kappa shape index (κ1) is 18.1. The van der Waals surface area contributed by atoms with Crippen molar-refractivity contribution >= 4 is 23.4 Å². The number of rotatable bonds is 4. The van der Waals surface area contributed by atoms with Gasteiger partial charge in [-0.25, -0.2) is 4.79 Å². The third-order valence-electron chi connectivity index (χ3n) is 3.31. The van der Waals surface area contributed by atoms with Crippen molar-refractivity contribution in [1.82, 2.24) is 15.1 Å². The molecule has 0 saturated heterocycles. The largest absolute Gasteiger partial charge is 0.444 e. The minimum atomic E-state index is -0.507. The summed E-state index contributed by atoms with van der Waals surface area (Å²) in [4.78, 5) is 11.6. The maximum Gasteiger partial charge on any atom is 0.407 e. The molecule has 6 nitrogen and oxygen atoms in total. The van der Waals surface area contributed by atoms with Gasteiger partial charge in [0.1, 0.15) is 5.60 Å². The number of anilines is 1. The lowest BCUT2D eigenvalue weighted by Crippen LogP contribution is -2.34. The number of hydrogen-bond acceptors (Lipinski definition) is 4. The van der Waals surface area contributed by atoms with E-state index in [1.807, 2.05) is 40.0 Å². The number of amides is 1. The predicted molar refractivity (Wildman–Crippen MR) is 96.1 cm³/mol. The van der Waals surface area contributed by atoms with Gasteiger partial charge >= 0.3 is 6.09 Å². The summed E-state index contributed by atoms with van der Waals surface area (Å²) in [6.07, 6.45) is 3.19. The van der Waals surface area contributed by atoms with E-state index in [4.69, 9.17) is 22.1 Å². The lowest BCUT2D eigenvalue weighted by atomic mass is 10.1. The fourth-order valence-corrected chi connectivity index (χ4v) is 2.41. The Morgan fingerprint density at radius 1 is 1.42 bits per heavy atom. The number of aryl methyl sites for hydroxylation is 1. The Morgan fingerprint density at radius 3 is 2.79 bits per heavy atom. The van der Waals surface area contributed by atoms with Crippen LogP contribution in [0.15, 0.2) is 24.5 Å². The first-order valence-electron chi connectivity index (χ1n) is 7.71. The standard InChI is InChI=1S/C17H23ClN4O2/c1-11-7-13(14(18)8-15(11)19)12-9-21-22(10-12)6-5-20-16(23)24-17(2,3)4/h7-10H,5-6,19H2,1-4H3,(H,20,23). The molecule has 2 aromatic rings. The van der Waals surface area contributed by atoms with Gasteiger partial charge in [0.15, 0.2) is 0 Å². The van der Waals surface area contributed by atoms with Gasteiger partial charge < -0.3 is 15.8 Å². The molecular formula is C17H23ClN4O2. The highest BCUT2D eigenvalue weighted by molar-refractivity contribution is 6.33. The maximum atomic E-state index is 11.6. The van der Waals surface area contributed by atoms with Crippen LogP contribution in [-0.4, -0.2) is 28.0 Å². The lowest BCUT2D eigenvalue weighted by molar-refractivity contribution is 0.0525. The van der Waals surface area contributed by atoms with Crippen LogP contribution in [0.25, 0.3) is 11.1 Å². The summed E-state index contributed by atoms with van der Waals surface area (Å²) in [6.45, 7) is 8.36. The van der Waals surface area contributed by atoms with Gasteiger partial charge in [-0.1, -0.05) is 11.6 Å². The molecule has 0 saturated carbocycles. The van der Waals surface area contributed by atoms with E-state index in [1.165, 1.54) is 0 Å². The number of carbonyl (C=O) groups is 1. The molecule has 1 heterocycles. The van der Waals surface area contributed by atoms with Gasteiger partial charge in [-0.2, -0.15) is 5.10 Å². The van der Waals surface area contributed by atoms with E-state index in [1.54, 1.807) is 16.9 Å². The van der Waals surface area contributed by atoms with Crippen LogP contribution < -0.4 is 11.1 Å². The Hall–Kier alpha value is -2.21. The van der Waals surface area contributed by atoms with E-state index in [0.717, 1.165) is 16.7 Å². The Balaban J connectivity index is 1.97. The second kappa shape index (κ2) is 7.13. The van der Waals surface area contributed by atoms with E-state index in [0.29, 0.717) is 23.8 Å². The topological polar surface area (TPSA) is 82.2 Å². The number of nitrogens with zero attached hydrogens (tertiary/aromatic N) is 2. The Kier molecular flexibility index (Phi) is 5.39. The lowest BCUT2D eigenvalue weighted by Gasteiger charge is -2.19. The Morgan fingerprint density at radius 2 is 2.12 bits per heavy atom. The summed E-state index contributed by atoms with van der Waals surface area (Å²) in [7, 11) is 0. The minimum absolute atomic E-state index is 0.421. The second-order valence-corrected chi connectivity index (χ2v) is 7.02. The molecular weight excluding hydrogens is 328 g/mol. The van der Waals surface area contributed by atoms with Gasteiger partial charge in [-0.05, 0) is 45.4 Å².